The van der Waals surface area contributed by atoms with Crippen LogP contribution in [0.1, 0.15) is 48.0 Å². The van der Waals surface area contributed by atoms with Crippen molar-refractivity contribution >= 4 is 11.6 Å². The van der Waals surface area contributed by atoms with Crippen LogP contribution >= 0.6 is 0 Å². The van der Waals surface area contributed by atoms with Crippen LogP contribution in [0.2, 0.25) is 0 Å². The summed E-state index contributed by atoms with van der Waals surface area (Å²) in [4.78, 5) is 24.5. The molecule has 18 heavy (non-hydrogen) atoms. The number of rotatable bonds is 3. The lowest BCUT2D eigenvalue weighted by atomic mass is 9.69. The van der Waals surface area contributed by atoms with Gasteiger partial charge in [-0.1, -0.05) is 20.8 Å². The fourth-order valence-electron chi connectivity index (χ4n) is 2.53. The second-order valence-corrected chi connectivity index (χ2v) is 5.65. The number of carbonyl (C=O) groups excluding carboxylic acids is 2. The predicted molar refractivity (Wildman–Crippen MR) is 71.3 cm³/mol. The van der Waals surface area contributed by atoms with Crippen LogP contribution in [-0.4, -0.2) is 16.7 Å². The van der Waals surface area contributed by atoms with Gasteiger partial charge in [-0.25, -0.2) is 0 Å². The zero-order valence-corrected chi connectivity index (χ0v) is 12.0. The molecule has 1 aliphatic rings. The van der Waals surface area contributed by atoms with E-state index in [1.807, 2.05) is 20.8 Å². The van der Waals surface area contributed by atoms with Gasteiger partial charge in [0, 0.05) is 16.9 Å². The maximum Gasteiger partial charge on any atom is 0.171 e. The number of Topliss-reactive ketones (excluding diaryl/α,β-unsaturated/α-hetero) is 2. The molecular weight excluding hydrogens is 228 g/mol. The number of ketones is 2. The number of aliphatic hydroxyl groups is 1. The zero-order chi connectivity index (χ0) is 14.2. The van der Waals surface area contributed by atoms with Crippen LogP contribution in [0.25, 0.3) is 0 Å². The summed E-state index contributed by atoms with van der Waals surface area (Å²) in [5.41, 5.74) is 0.690. The third-order valence-corrected chi connectivity index (χ3v) is 3.68. The van der Waals surface area contributed by atoms with E-state index in [0.29, 0.717) is 17.6 Å². The molecule has 0 amide bonds. The molecule has 100 valence electrons. The Morgan fingerprint density at radius 2 is 1.83 bits per heavy atom. The van der Waals surface area contributed by atoms with Crippen LogP contribution in [0.15, 0.2) is 22.5 Å². The maximum absolute atomic E-state index is 12.3. The van der Waals surface area contributed by atoms with Gasteiger partial charge in [0.25, 0.3) is 0 Å². The average molecular weight is 250 g/mol. The van der Waals surface area contributed by atoms with E-state index in [1.165, 1.54) is 0 Å². The SMILES string of the molecule is CCC1=C(C(=O)C(C)C)C(O)=C(C)C(=O)C1(C)C. The third kappa shape index (κ3) is 2.02. The summed E-state index contributed by atoms with van der Waals surface area (Å²) in [7, 11) is 0. The first-order valence-corrected chi connectivity index (χ1v) is 6.39. The Hall–Kier alpha value is -1.38. The summed E-state index contributed by atoms with van der Waals surface area (Å²) in [5.74, 6) is -0.517. The molecule has 0 heterocycles. The lowest BCUT2D eigenvalue weighted by molar-refractivity contribution is -0.122. The Morgan fingerprint density at radius 3 is 2.22 bits per heavy atom. The lowest BCUT2D eigenvalue weighted by Gasteiger charge is -2.33. The zero-order valence-electron chi connectivity index (χ0n) is 12.0. The fourth-order valence-corrected chi connectivity index (χ4v) is 2.53. The first kappa shape index (κ1) is 14.7. The van der Waals surface area contributed by atoms with Crippen molar-refractivity contribution < 1.29 is 14.7 Å². The monoisotopic (exact) mass is 250 g/mol. The molecule has 1 rings (SSSR count). The van der Waals surface area contributed by atoms with Crippen LogP contribution in [0.3, 0.4) is 0 Å². The van der Waals surface area contributed by atoms with E-state index >= 15 is 0 Å². The van der Waals surface area contributed by atoms with Crippen LogP contribution < -0.4 is 0 Å². The van der Waals surface area contributed by atoms with E-state index in [4.69, 9.17) is 0 Å². The molecule has 0 fully saturated rings. The highest BCUT2D eigenvalue weighted by Gasteiger charge is 2.41. The number of aliphatic hydroxyl groups excluding tert-OH is 1. The van der Waals surface area contributed by atoms with E-state index < -0.39 is 5.41 Å². The van der Waals surface area contributed by atoms with Gasteiger partial charge in [0.2, 0.25) is 0 Å². The molecule has 1 N–H and O–H groups in total. The minimum atomic E-state index is -0.703. The van der Waals surface area contributed by atoms with Crippen LogP contribution in [-0.2, 0) is 9.59 Å². The molecule has 0 bridgehead atoms. The fraction of sp³-hybridized carbons (Fsp3) is 0.600. The first-order valence-electron chi connectivity index (χ1n) is 6.39. The second kappa shape index (κ2) is 4.71. The summed E-state index contributed by atoms with van der Waals surface area (Å²) in [5, 5.41) is 10.1. The van der Waals surface area contributed by atoms with E-state index in [9.17, 15) is 14.7 Å². The first-order chi connectivity index (χ1) is 8.16. The molecule has 3 nitrogen and oxygen atoms in total. The summed E-state index contributed by atoms with van der Waals surface area (Å²) in [6.07, 6.45) is 0.587. The van der Waals surface area contributed by atoms with E-state index in [0.717, 1.165) is 5.57 Å². The highest BCUT2D eigenvalue weighted by Crippen LogP contribution is 2.42. The summed E-state index contributed by atoms with van der Waals surface area (Å²) in [6.45, 7) is 10.7. The van der Waals surface area contributed by atoms with Gasteiger partial charge in [0.1, 0.15) is 5.76 Å². The van der Waals surface area contributed by atoms with Crippen molar-refractivity contribution in [1.82, 2.24) is 0 Å². The smallest absolute Gasteiger partial charge is 0.171 e. The molecule has 0 saturated heterocycles. The average Bonchev–Trinajstić information content (AvgIpc) is 2.30. The van der Waals surface area contributed by atoms with Crippen LogP contribution in [0.5, 0.6) is 0 Å². The topological polar surface area (TPSA) is 54.4 Å². The molecule has 0 aromatic heterocycles. The van der Waals surface area contributed by atoms with Gasteiger partial charge < -0.3 is 5.11 Å². The molecule has 1 aliphatic carbocycles. The third-order valence-electron chi connectivity index (χ3n) is 3.68. The molecule has 0 aliphatic heterocycles. The van der Waals surface area contributed by atoms with Gasteiger partial charge in [-0.3, -0.25) is 9.59 Å². The van der Waals surface area contributed by atoms with Crippen molar-refractivity contribution in [3.8, 4) is 0 Å². The number of allylic oxidation sites excluding steroid dienone is 3. The number of hydrogen-bond acceptors (Lipinski definition) is 3. The van der Waals surface area contributed by atoms with E-state index in [-0.39, 0.29) is 23.2 Å². The number of carbonyl (C=O) groups is 2. The molecule has 0 aromatic carbocycles. The van der Waals surface area contributed by atoms with Crippen molar-refractivity contribution in [3.63, 3.8) is 0 Å². The Labute approximate surface area is 109 Å². The summed E-state index contributed by atoms with van der Waals surface area (Å²) < 4.78 is 0. The van der Waals surface area contributed by atoms with Gasteiger partial charge in [0.15, 0.2) is 11.6 Å². The van der Waals surface area contributed by atoms with Crippen molar-refractivity contribution in [3.05, 3.63) is 22.5 Å². The lowest BCUT2D eigenvalue weighted by Crippen LogP contribution is -2.35. The normalized spacial score (nSPS) is 19.8. The quantitative estimate of drug-likeness (QED) is 0.835. The Morgan fingerprint density at radius 1 is 1.33 bits per heavy atom. The minimum Gasteiger partial charge on any atom is -0.507 e. The maximum atomic E-state index is 12.3. The van der Waals surface area contributed by atoms with Crippen molar-refractivity contribution in [2.24, 2.45) is 11.3 Å². The molecule has 0 atom stereocenters. The van der Waals surface area contributed by atoms with Crippen LogP contribution in [0, 0.1) is 11.3 Å². The Bertz CT molecular complexity index is 462. The molecule has 0 saturated carbocycles. The molecule has 0 aromatic rings. The Balaban J connectivity index is 3.58. The summed E-state index contributed by atoms with van der Waals surface area (Å²) in [6, 6.07) is 0. The largest absolute Gasteiger partial charge is 0.507 e. The Kier molecular flexibility index (Phi) is 3.84. The van der Waals surface area contributed by atoms with E-state index in [2.05, 4.69) is 0 Å². The minimum absolute atomic E-state index is 0.0933. The molecule has 0 spiro atoms. The summed E-state index contributed by atoms with van der Waals surface area (Å²) >= 11 is 0. The van der Waals surface area contributed by atoms with E-state index in [1.54, 1.807) is 20.8 Å². The van der Waals surface area contributed by atoms with Crippen molar-refractivity contribution in [2.75, 3.05) is 0 Å². The standard InChI is InChI=1S/C15H22O3/c1-7-10-11(12(16)8(2)3)13(17)9(4)14(18)15(10,5)6/h8,17H,7H2,1-6H3. The van der Waals surface area contributed by atoms with Gasteiger partial charge in [0.05, 0.1) is 5.57 Å². The molecule has 0 unspecified atom stereocenters. The van der Waals surface area contributed by atoms with Gasteiger partial charge >= 0.3 is 0 Å². The van der Waals surface area contributed by atoms with Gasteiger partial charge in [-0.05, 0) is 32.8 Å². The van der Waals surface area contributed by atoms with Gasteiger partial charge in [-0.2, -0.15) is 0 Å². The molecule has 3 heteroatoms. The highest BCUT2D eigenvalue weighted by atomic mass is 16.3. The van der Waals surface area contributed by atoms with Crippen molar-refractivity contribution in [1.29, 1.82) is 0 Å². The van der Waals surface area contributed by atoms with Crippen molar-refractivity contribution in [2.45, 2.75) is 48.0 Å². The molecular formula is C15H22O3. The highest BCUT2D eigenvalue weighted by molar-refractivity contribution is 6.10. The predicted octanol–water partition coefficient (Wildman–Crippen LogP) is 3.36. The van der Waals surface area contributed by atoms with Gasteiger partial charge in [-0.15, -0.1) is 0 Å². The second-order valence-electron chi connectivity index (χ2n) is 5.65. The van der Waals surface area contributed by atoms with Crippen LogP contribution in [0.4, 0.5) is 0 Å². The number of hydrogen-bond donors (Lipinski definition) is 1. The molecule has 0 radical (unpaired) electrons.